The first-order valence-electron chi connectivity index (χ1n) is 6.19. The molecule has 0 saturated carbocycles. The Labute approximate surface area is 117 Å². The zero-order valence-corrected chi connectivity index (χ0v) is 12.6. The summed E-state index contributed by atoms with van der Waals surface area (Å²) in [5.74, 6) is 0.975. The third-order valence-electron chi connectivity index (χ3n) is 3.20. The highest BCUT2D eigenvalue weighted by atomic mass is 79.9. The molecule has 0 aliphatic carbocycles. The molecule has 18 heavy (non-hydrogen) atoms. The van der Waals surface area contributed by atoms with Gasteiger partial charge in [0.25, 0.3) is 0 Å². The lowest BCUT2D eigenvalue weighted by molar-refractivity contribution is 0.00953. The van der Waals surface area contributed by atoms with Gasteiger partial charge in [-0.25, -0.2) is 0 Å². The molecule has 0 radical (unpaired) electrons. The lowest BCUT2D eigenvalue weighted by atomic mass is 9.92. The van der Waals surface area contributed by atoms with Crippen molar-refractivity contribution < 1.29 is 14.9 Å². The van der Waals surface area contributed by atoms with Crippen LogP contribution in [0.15, 0.2) is 22.7 Å². The average molecular weight is 317 g/mol. The molecule has 2 N–H and O–H groups in total. The van der Waals surface area contributed by atoms with Crippen molar-refractivity contribution >= 4 is 15.9 Å². The molecular weight excluding hydrogens is 296 g/mol. The van der Waals surface area contributed by atoms with Gasteiger partial charge in [0, 0.05) is 0 Å². The summed E-state index contributed by atoms with van der Waals surface area (Å²) in [5, 5.41) is 19.4. The SMILES string of the molecule is CCC(O)C(O)CC(C)c1ccc(OC)c(Br)c1. The first kappa shape index (κ1) is 15.5. The van der Waals surface area contributed by atoms with Crippen LogP contribution in [0.5, 0.6) is 5.75 Å². The molecule has 0 saturated heterocycles. The number of rotatable bonds is 6. The molecule has 1 aromatic rings. The van der Waals surface area contributed by atoms with E-state index in [-0.39, 0.29) is 5.92 Å². The van der Waals surface area contributed by atoms with Gasteiger partial charge in [0.15, 0.2) is 0 Å². The summed E-state index contributed by atoms with van der Waals surface area (Å²) in [5.41, 5.74) is 1.12. The molecule has 102 valence electrons. The Morgan fingerprint density at radius 1 is 1.28 bits per heavy atom. The summed E-state index contributed by atoms with van der Waals surface area (Å²) in [4.78, 5) is 0. The third-order valence-corrected chi connectivity index (χ3v) is 3.82. The highest BCUT2D eigenvalue weighted by Gasteiger charge is 2.18. The number of hydrogen-bond donors (Lipinski definition) is 2. The second-order valence-electron chi connectivity index (χ2n) is 4.57. The highest BCUT2D eigenvalue weighted by Crippen LogP contribution is 2.30. The maximum Gasteiger partial charge on any atom is 0.133 e. The first-order chi connectivity index (χ1) is 8.49. The summed E-state index contributed by atoms with van der Waals surface area (Å²) in [6.45, 7) is 3.91. The molecular formula is C14H21BrO3. The number of methoxy groups -OCH3 is 1. The molecule has 0 fully saturated rings. The molecule has 0 bridgehead atoms. The molecule has 0 heterocycles. The number of benzene rings is 1. The van der Waals surface area contributed by atoms with E-state index < -0.39 is 12.2 Å². The summed E-state index contributed by atoms with van der Waals surface area (Å²) in [7, 11) is 1.63. The maximum atomic E-state index is 9.83. The van der Waals surface area contributed by atoms with Crippen LogP contribution >= 0.6 is 15.9 Å². The van der Waals surface area contributed by atoms with Gasteiger partial charge in [-0.2, -0.15) is 0 Å². The van der Waals surface area contributed by atoms with E-state index in [1.165, 1.54) is 0 Å². The van der Waals surface area contributed by atoms with Crippen LogP contribution in [0.4, 0.5) is 0 Å². The number of hydrogen-bond acceptors (Lipinski definition) is 3. The maximum absolute atomic E-state index is 9.83. The van der Waals surface area contributed by atoms with E-state index in [1.54, 1.807) is 7.11 Å². The second kappa shape index (κ2) is 7.12. The van der Waals surface area contributed by atoms with Crippen LogP contribution in [0.2, 0.25) is 0 Å². The van der Waals surface area contributed by atoms with Crippen LogP contribution < -0.4 is 4.74 Å². The minimum absolute atomic E-state index is 0.184. The normalized spacial score (nSPS) is 16.1. The summed E-state index contributed by atoms with van der Waals surface area (Å²) >= 11 is 3.45. The van der Waals surface area contributed by atoms with Crippen molar-refractivity contribution in [2.45, 2.75) is 44.8 Å². The zero-order valence-electron chi connectivity index (χ0n) is 11.1. The fourth-order valence-electron chi connectivity index (χ4n) is 1.92. The topological polar surface area (TPSA) is 49.7 Å². The second-order valence-corrected chi connectivity index (χ2v) is 5.43. The molecule has 3 unspecified atom stereocenters. The summed E-state index contributed by atoms with van der Waals surface area (Å²) in [6, 6.07) is 5.88. The van der Waals surface area contributed by atoms with Crippen LogP contribution in [0.1, 0.15) is 38.2 Å². The number of aliphatic hydroxyl groups excluding tert-OH is 2. The number of halogens is 1. The Bertz CT molecular complexity index is 381. The molecule has 3 nitrogen and oxygen atoms in total. The number of ether oxygens (including phenoxy) is 1. The van der Waals surface area contributed by atoms with Gasteiger partial charge in [-0.3, -0.25) is 0 Å². The van der Waals surface area contributed by atoms with E-state index in [1.807, 2.05) is 32.0 Å². The molecule has 3 atom stereocenters. The predicted octanol–water partition coefficient (Wildman–Crippen LogP) is 3.08. The highest BCUT2D eigenvalue weighted by molar-refractivity contribution is 9.10. The van der Waals surface area contributed by atoms with Crippen LogP contribution in [-0.2, 0) is 0 Å². The molecule has 0 amide bonds. The van der Waals surface area contributed by atoms with Crippen LogP contribution in [-0.4, -0.2) is 29.5 Å². The lowest BCUT2D eigenvalue weighted by Crippen LogP contribution is -2.26. The molecule has 1 rings (SSSR count). The largest absolute Gasteiger partial charge is 0.496 e. The number of aliphatic hydroxyl groups is 2. The van der Waals surface area contributed by atoms with Crippen molar-refractivity contribution in [3.8, 4) is 5.75 Å². The van der Waals surface area contributed by atoms with Gasteiger partial charge >= 0.3 is 0 Å². The fraction of sp³-hybridized carbons (Fsp3) is 0.571. The molecule has 0 aliphatic rings. The summed E-state index contributed by atoms with van der Waals surface area (Å²) in [6.07, 6.45) is -0.200. The third kappa shape index (κ3) is 3.97. The molecule has 1 aromatic carbocycles. The van der Waals surface area contributed by atoms with Gasteiger partial charge in [-0.1, -0.05) is 19.9 Å². The molecule has 0 spiro atoms. The predicted molar refractivity (Wildman–Crippen MR) is 76.0 cm³/mol. The van der Waals surface area contributed by atoms with E-state index in [2.05, 4.69) is 15.9 Å². The van der Waals surface area contributed by atoms with Gasteiger partial charge in [0.1, 0.15) is 5.75 Å². The summed E-state index contributed by atoms with van der Waals surface area (Å²) < 4.78 is 6.08. The first-order valence-corrected chi connectivity index (χ1v) is 6.98. The monoisotopic (exact) mass is 316 g/mol. The van der Waals surface area contributed by atoms with Crippen LogP contribution in [0.3, 0.4) is 0 Å². The minimum Gasteiger partial charge on any atom is -0.496 e. The zero-order chi connectivity index (χ0) is 13.7. The standard InChI is InChI=1S/C14H21BrO3/c1-4-12(16)13(17)7-9(2)10-5-6-14(18-3)11(15)8-10/h5-6,8-9,12-13,16-17H,4,7H2,1-3H3. The van der Waals surface area contributed by atoms with Crippen molar-refractivity contribution in [1.82, 2.24) is 0 Å². The molecule has 0 aliphatic heterocycles. The lowest BCUT2D eigenvalue weighted by Gasteiger charge is -2.21. The fourth-order valence-corrected chi connectivity index (χ4v) is 2.48. The van der Waals surface area contributed by atoms with Crippen molar-refractivity contribution in [2.75, 3.05) is 7.11 Å². The van der Waals surface area contributed by atoms with E-state index in [4.69, 9.17) is 4.74 Å². The van der Waals surface area contributed by atoms with E-state index >= 15 is 0 Å². The van der Waals surface area contributed by atoms with Crippen molar-refractivity contribution in [3.63, 3.8) is 0 Å². The van der Waals surface area contributed by atoms with E-state index in [9.17, 15) is 10.2 Å². The van der Waals surface area contributed by atoms with Crippen molar-refractivity contribution in [1.29, 1.82) is 0 Å². The smallest absolute Gasteiger partial charge is 0.133 e. The molecule has 0 aromatic heterocycles. The Balaban J connectivity index is 2.72. The Hall–Kier alpha value is -0.580. The van der Waals surface area contributed by atoms with Crippen molar-refractivity contribution in [3.05, 3.63) is 28.2 Å². The van der Waals surface area contributed by atoms with Gasteiger partial charge in [0.2, 0.25) is 0 Å². The Morgan fingerprint density at radius 3 is 2.44 bits per heavy atom. The quantitative estimate of drug-likeness (QED) is 0.848. The Kier molecular flexibility index (Phi) is 6.12. The van der Waals surface area contributed by atoms with Crippen LogP contribution in [0, 0.1) is 0 Å². The minimum atomic E-state index is -0.675. The Morgan fingerprint density at radius 2 is 1.94 bits per heavy atom. The average Bonchev–Trinajstić information content (AvgIpc) is 2.37. The van der Waals surface area contributed by atoms with E-state index in [0.29, 0.717) is 12.8 Å². The van der Waals surface area contributed by atoms with Crippen molar-refractivity contribution in [2.24, 2.45) is 0 Å². The van der Waals surface area contributed by atoms with Crippen LogP contribution in [0.25, 0.3) is 0 Å². The van der Waals surface area contributed by atoms with Gasteiger partial charge in [-0.05, 0) is 52.4 Å². The van der Waals surface area contributed by atoms with Gasteiger partial charge in [-0.15, -0.1) is 0 Å². The molecule has 4 heteroatoms. The van der Waals surface area contributed by atoms with Gasteiger partial charge < -0.3 is 14.9 Å². The van der Waals surface area contributed by atoms with Gasteiger partial charge in [0.05, 0.1) is 23.8 Å². The van der Waals surface area contributed by atoms with E-state index in [0.717, 1.165) is 15.8 Å².